The third-order valence-electron chi connectivity index (χ3n) is 5.43. The fourth-order valence-electron chi connectivity index (χ4n) is 4.03. The van der Waals surface area contributed by atoms with Crippen LogP contribution in [0, 0.1) is 5.82 Å². The number of nitrogens with one attached hydrogen (secondary N) is 1. The zero-order chi connectivity index (χ0) is 25.9. The summed E-state index contributed by atoms with van der Waals surface area (Å²) in [5.74, 6) is -0.228. The molecule has 36 heavy (non-hydrogen) atoms. The minimum absolute atomic E-state index is 0.0718. The summed E-state index contributed by atoms with van der Waals surface area (Å²) in [5.41, 5.74) is -0.634. The van der Waals surface area contributed by atoms with Crippen LogP contribution in [-0.4, -0.2) is 53.7 Å². The van der Waals surface area contributed by atoms with Crippen LogP contribution in [0.2, 0.25) is 5.02 Å². The summed E-state index contributed by atoms with van der Waals surface area (Å²) in [6.07, 6.45) is 3.72. The first-order chi connectivity index (χ1) is 17.2. The molecular weight excluding hydrogens is 522 g/mol. The molecule has 0 radical (unpaired) electrons. The molecule has 1 aromatic carbocycles. The molecule has 4 rings (SSSR count). The number of aromatic nitrogens is 3. The first-order valence-electron chi connectivity index (χ1n) is 10.7. The summed E-state index contributed by atoms with van der Waals surface area (Å²) < 4.78 is 67.2. The molecule has 0 spiro atoms. The fraction of sp³-hybridized carbons (Fsp3) is 0.348. The van der Waals surface area contributed by atoms with Crippen molar-refractivity contribution in [1.29, 1.82) is 0 Å². The van der Waals surface area contributed by atoms with Crippen LogP contribution in [0.25, 0.3) is 5.57 Å². The summed E-state index contributed by atoms with van der Waals surface area (Å²) in [5, 5.41) is 9.21. The predicted octanol–water partition coefficient (Wildman–Crippen LogP) is 5.42. The van der Waals surface area contributed by atoms with Gasteiger partial charge in [-0.2, -0.15) is 13.9 Å². The van der Waals surface area contributed by atoms with Gasteiger partial charge in [0.15, 0.2) is 16.5 Å². The van der Waals surface area contributed by atoms with Crippen LogP contribution in [0.3, 0.4) is 0 Å². The Hall–Kier alpha value is -2.80. The quantitative estimate of drug-likeness (QED) is 0.346. The highest BCUT2D eigenvalue weighted by Gasteiger charge is 2.37. The number of methoxy groups -OCH3 is 2. The second kappa shape index (κ2) is 11.1. The van der Waals surface area contributed by atoms with Gasteiger partial charge in [-0.3, -0.25) is 4.99 Å². The molecule has 7 nitrogen and oxygen atoms in total. The van der Waals surface area contributed by atoms with Gasteiger partial charge in [-0.25, -0.2) is 18.4 Å². The highest BCUT2D eigenvalue weighted by molar-refractivity contribution is 7.11. The first kappa shape index (κ1) is 26.3. The van der Waals surface area contributed by atoms with Gasteiger partial charge in [0.1, 0.15) is 11.9 Å². The highest BCUT2D eigenvalue weighted by atomic mass is 35.5. The topological polar surface area (TPSA) is 73.6 Å². The van der Waals surface area contributed by atoms with Crippen molar-refractivity contribution in [2.24, 2.45) is 4.99 Å². The van der Waals surface area contributed by atoms with Crippen LogP contribution in [0.15, 0.2) is 52.9 Å². The fourth-order valence-corrected chi connectivity index (χ4v) is 4.89. The third-order valence-corrected chi connectivity index (χ3v) is 6.54. The number of hydrogen-bond donors (Lipinski definition) is 1. The Kier molecular flexibility index (Phi) is 8.08. The van der Waals surface area contributed by atoms with Crippen molar-refractivity contribution in [3.05, 3.63) is 74.8 Å². The molecule has 0 saturated heterocycles. The summed E-state index contributed by atoms with van der Waals surface area (Å²) in [6, 6.07) is 2.90. The number of benzene rings is 1. The molecule has 192 valence electrons. The van der Waals surface area contributed by atoms with E-state index in [4.69, 9.17) is 26.1 Å². The Labute approximate surface area is 213 Å². The Morgan fingerprint density at radius 2 is 2.00 bits per heavy atom. The number of nitrogens with zero attached hydrogens (tertiary/aromatic N) is 4. The van der Waals surface area contributed by atoms with Crippen molar-refractivity contribution < 1.29 is 27.0 Å². The largest absolute Gasteiger partial charge is 0.381 e. The second-order valence-corrected chi connectivity index (χ2v) is 9.38. The number of ether oxygens (including phenoxy) is 2. The maximum absolute atomic E-state index is 15.9. The lowest BCUT2D eigenvalue weighted by atomic mass is 9.88. The molecule has 0 fully saturated rings. The number of aliphatic imine (C=N–C) groups is 1. The number of rotatable bonds is 10. The number of hydrogen-bond acceptors (Lipinski definition) is 7. The van der Waals surface area contributed by atoms with E-state index in [0.717, 1.165) is 12.3 Å². The maximum Gasteiger partial charge on any atom is 0.333 e. The first-order valence-corrected chi connectivity index (χ1v) is 11.9. The van der Waals surface area contributed by atoms with E-state index in [1.165, 1.54) is 43.9 Å². The smallest absolute Gasteiger partial charge is 0.333 e. The van der Waals surface area contributed by atoms with Gasteiger partial charge in [-0.05, 0) is 17.7 Å². The van der Waals surface area contributed by atoms with Crippen LogP contribution in [0.1, 0.15) is 35.1 Å². The molecular formula is C23H22ClF4N5O2S. The summed E-state index contributed by atoms with van der Waals surface area (Å²) in [6.45, 7) is -3.47. The number of amidine groups is 1. The van der Waals surface area contributed by atoms with Gasteiger partial charge in [-0.15, -0.1) is 11.3 Å². The average Bonchev–Trinajstić information content (AvgIpc) is 3.52. The summed E-state index contributed by atoms with van der Waals surface area (Å²) in [7, 11) is 2.73. The number of thiazole rings is 1. The second-order valence-electron chi connectivity index (χ2n) is 8.08. The average molecular weight is 544 g/mol. The van der Waals surface area contributed by atoms with Crippen molar-refractivity contribution >= 4 is 34.3 Å². The van der Waals surface area contributed by atoms with Crippen LogP contribution in [-0.2, 0) is 9.47 Å². The standard InChI is InChI=1S/C23H22ClF4N5O2S/c1-34-11-23(28,12-35-2)8-17-18(13-9-30-33(10-13)22(26)27)19(15-4-3-14(25)7-16(15)24)32-20(31-17)21-29-5-6-36-21/h3-7,9-10,19,22H,8,11-12H2,1-2H3,(H,31,32)/t19-/m0/s1. The molecule has 1 aliphatic rings. The van der Waals surface area contributed by atoms with Gasteiger partial charge >= 0.3 is 6.55 Å². The zero-order valence-corrected chi connectivity index (χ0v) is 20.8. The van der Waals surface area contributed by atoms with Crippen molar-refractivity contribution in [3.63, 3.8) is 0 Å². The SMILES string of the molecule is COCC(F)(COC)CC1=C(c2cnn(C(F)F)c2)[C@H](c2ccc(F)cc2Cl)N=C(c2nccs2)N1. The van der Waals surface area contributed by atoms with E-state index in [-0.39, 0.29) is 30.2 Å². The lowest BCUT2D eigenvalue weighted by molar-refractivity contribution is -0.0179. The summed E-state index contributed by atoms with van der Waals surface area (Å²) >= 11 is 7.70. The van der Waals surface area contributed by atoms with Crippen molar-refractivity contribution in [3.8, 4) is 0 Å². The van der Waals surface area contributed by atoms with E-state index in [0.29, 0.717) is 32.4 Å². The third kappa shape index (κ3) is 5.61. The van der Waals surface area contributed by atoms with Crippen LogP contribution < -0.4 is 5.32 Å². The van der Waals surface area contributed by atoms with Gasteiger partial charge < -0.3 is 14.8 Å². The van der Waals surface area contributed by atoms with E-state index in [9.17, 15) is 13.2 Å². The number of allylic oxidation sites excluding steroid dienone is 1. The number of alkyl halides is 3. The molecule has 1 atom stereocenters. The van der Waals surface area contributed by atoms with Crippen molar-refractivity contribution in [2.75, 3.05) is 27.4 Å². The van der Waals surface area contributed by atoms with E-state index in [1.54, 1.807) is 11.6 Å². The molecule has 0 aliphatic carbocycles. The zero-order valence-electron chi connectivity index (χ0n) is 19.2. The molecule has 13 heteroatoms. The maximum atomic E-state index is 15.9. The van der Waals surface area contributed by atoms with Gasteiger partial charge in [-0.1, -0.05) is 17.7 Å². The van der Waals surface area contributed by atoms with Crippen molar-refractivity contribution in [2.45, 2.75) is 24.7 Å². The lowest BCUT2D eigenvalue weighted by Gasteiger charge is -2.32. The van der Waals surface area contributed by atoms with Gasteiger partial charge in [0.25, 0.3) is 0 Å². The van der Waals surface area contributed by atoms with E-state index in [2.05, 4.69) is 15.4 Å². The Bertz CT molecular complexity index is 1260. The molecule has 3 aromatic rings. The molecule has 1 aliphatic heterocycles. The van der Waals surface area contributed by atoms with E-state index >= 15 is 4.39 Å². The van der Waals surface area contributed by atoms with E-state index < -0.39 is 24.1 Å². The van der Waals surface area contributed by atoms with Gasteiger partial charge in [0, 0.05) is 60.3 Å². The molecule has 0 unspecified atom stereocenters. The Balaban J connectivity index is 1.93. The molecule has 0 saturated carbocycles. The van der Waals surface area contributed by atoms with Gasteiger partial charge in [0.2, 0.25) is 0 Å². The van der Waals surface area contributed by atoms with Gasteiger partial charge in [0.05, 0.1) is 19.4 Å². The minimum Gasteiger partial charge on any atom is -0.381 e. The molecule has 3 heterocycles. The monoisotopic (exact) mass is 543 g/mol. The molecule has 1 N–H and O–H groups in total. The summed E-state index contributed by atoms with van der Waals surface area (Å²) in [4.78, 5) is 9.03. The Morgan fingerprint density at radius 1 is 1.25 bits per heavy atom. The lowest BCUT2D eigenvalue weighted by Crippen LogP contribution is -2.40. The van der Waals surface area contributed by atoms with Crippen LogP contribution in [0.5, 0.6) is 0 Å². The minimum atomic E-state index is -2.89. The van der Waals surface area contributed by atoms with Crippen LogP contribution >= 0.6 is 22.9 Å². The van der Waals surface area contributed by atoms with E-state index in [1.807, 2.05) is 0 Å². The highest BCUT2D eigenvalue weighted by Crippen LogP contribution is 2.43. The normalized spacial score (nSPS) is 16.4. The molecule has 0 bridgehead atoms. The molecule has 2 aromatic heterocycles. The van der Waals surface area contributed by atoms with Crippen molar-refractivity contribution in [1.82, 2.24) is 20.1 Å². The number of halogens is 5. The Morgan fingerprint density at radius 3 is 2.58 bits per heavy atom. The predicted molar refractivity (Wildman–Crippen MR) is 129 cm³/mol. The molecule has 0 amide bonds. The van der Waals surface area contributed by atoms with Crippen LogP contribution in [0.4, 0.5) is 17.6 Å².